The van der Waals surface area contributed by atoms with Crippen molar-refractivity contribution >= 4 is 5.97 Å². The van der Waals surface area contributed by atoms with E-state index < -0.39 is 43.4 Å². The van der Waals surface area contributed by atoms with Crippen LogP contribution in [0.15, 0.2) is 72.9 Å². The first-order valence-electron chi connectivity index (χ1n) is 25.0. The highest BCUT2D eigenvalue weighted by molar-refractivity contribution is 5.69. The summed E-state index contributed by atoms with van der Waals surface area (Å²) in [5, 5.41) is 40.2. The molecule has 9 nitrogen and oxygen atoms in total. The molecular formula is C53H92O9. The molecule has 0 radical (unpaired) electrons. The van der Waals surface area contributed by atoms with Gasteiger partial charge in [0.1, 0.15) is 30.5 Å². The van der Waals surface area contributed by atoms with Crippen molar-refractivity contribution in [2.45, 2.75) is 230 Å². The summed E-state index contributed by atoms with van der Waals surface area (Å²) in [5.74, 6) is -0.330. The van der Waals surface area contributed by atoms with E-state index in [9.17, 15) is 25.2 Å². The van der Waals surface area contributed by atoms with E-state index in [-0.39, 0.29) is 19.2 Å². The summed E-state index contributed by atoms with van der Waals surface area (Å²) in [6.07, 6.45) is 50.8. The molecule has 1 saturated heterocycles. The molecule has 0 aliphatic carbocycles. The third kappa shape index (κ3) is 34.1. The van der Waals surface area contributed by atoms with Gasteiger partial charge in [-0.3, -0.25) is 4.79 Å². The minimum Gasteiger partial charge on any atom is -0.457 e. The van der Waals surface area contributed by atoms with E-state index in [1.165, 1.54) is 83.5 Å². The van der Waals surface area contributed by atoms with Crippen LogP contribution in [0.4, 0.5) is 0 Å². The monoisotopic (exact) mass is 873 g/mol. The lowest BCUT2D eigenvalue weighted by atomic mass is 9.99. The zero-order chi connectivity index (χ0) is 45.0. The summed E-state index contributed by atoms with van der Waals surface area (Å²) in [7, 11) is 0. The summed E-state index contributed by atoms with van der Waals surface area (Å²) in [6.45, 7) is 4.36. The molecule has 1 fully saturated rings. The van der Waals surface area contributed by atoms with Crippen LogP contribution in [0.25, 0.3) is 0 Å². The van der Waals surface area contributed by atoms with E-state index >= 15 is 0 Å². The Kier molecular flexibility index (Phi) is 40.8. The van der Waals surface area contributed by atoms with Crippen molar-refractivity contribution in [2.75, 3.05) is 26.4 Å². The molecule has 0 aromatic carbocycles. The number of esters is 1. The van der Waals surface area contributed by atoms with Gasteiger partial charge in [0.15, 0.2) is 6.29 Å². The lowest BCUT2D eigenvalue weighted by Crippen LogP contribution is -2.59. The van der Waals surface area contributed by atoms with Gasteiger partial charge < -0.3 is 39.4 Å². The third-order valence-electron chi connectivity index (χ3n) is 11.1. The second-order valence-electron chi connectivity index (χ2n) is 16.9. The van der Waals surface area contributed by atoms with Gasteiger partial charge in [0, 0.05) is 13.0 Å². The Morgan fingerprint density at radius 2 is 0.984 bits per heavy atom. The van der Waals surface area contributed by atoms with Gasteiger partial charge in [0.2, 0.25) is 0 Å². The van der Waals surface area contributed by atoms with Crippen molar-refractivity contribution in [3.63, 3.8) is 0 Å². The molecule has 1 rings (SSSR count). The number of hydrogen-bond acceptors (Lipinski definition) is 9. The Hall–Kier alpha value is -2.37. The number of ether oxygens (including phenoxy) is 4. The molecule has 0 amide bonds. The molecule has 4 N–H and O–H groups in total. The average Bonchev–Trinajstić information content (AvgIpc) is 3.27. The predicted octanol–water partition coefficient (Wildman–Crippen LogP) is 12.0. The SMILES string of the molecule is CC/C=C\C/C=C\C/C=C\C/C=C\CCCCCCCCCCCCCCCOCC(COC1OC(CO)C(O)C(O)C1O)OC(=O)CCCCCCC/C=C\C/C=C\CCC. The maximum atomic E-state index is 12.8. The highest BCUT2D eigenvalue weighted by Crippen LogP contribution is 2.23. The topological polar surface area (TPSA) is 135 Å². The number of carbonyl (C=O) groups is 1. The predicted molar refractivity (Wildman–Crippen MR) is 256 cm³/mol. The summed E-state index contributed by atoms with van der Waals surface area (Å²) in [5.41, 5.74) is 0. The zero-order valence-corrected chi connectivity index (χ0v) is 39.3. The Morgan fingerprint density at radius 3 is 1.48 bits per heavy atom. The maximum absolute atomic E-state index is 12.8. The van der Waals surface area contributed by atoms with E-state index in [1.54, 1.807) is 0 Å². The molecule has 0 aromatic heterocycles. The highest BCUT2D eigenvalue weighted by atomic mass is 16.7. The standard InChI is InChI=1S/C53H92O9/c1-3-5-7-9-11-13-15-17-18-19-20-21-22-23-24-25-26-27-28-29-31-33-35-37-39-41-43-59-45-47(46-60-53-52(58)51(57)50(56)48(44-54)62-53)61-49(55)42-40-38-36-34-32-30-16-14-12-10-8-6-4-2/h5,7-8,10-11,13-14,16-18,20-21,47-48,50-54,56-58H,3-4,6,9,12,15,19,22-46H2,1-2H3/b7-5-,10-8-,13-11-,16-14-,18-17-,21-20-. The van der Waals surface area contributed by atoms with Crippen LogP contribution < -0.4 is 0 Å². The number of rotatable bonds is 42. The van der Waals surface area contributed by atoms with E-state index in [4.69, 9.17) is 18.9 Å². The number of aliphatic hydroxyl groups excluding tert-OH is 4. The lowest BCUT2D eigenvalue weighted by molar-refractivity contribution is -0.305. The van der Waals surface area contributed by atoms with Crippen LogP contribution in [0.2, 0.25) is 0 Å². The normalized spacial score (nSPS) is 20.4. The number of carbonyl (C=O) groups excluding carboxylic acids is 1. The Balaban J connectivity index is 2.17. The highest BCUT2D eigenvalue weighted by Gasteiger charge is 2.44. The van der Waals surface area contributed by atoms with Gasteiger partial charge in [0.25, 0.3) is 0 Å². The molecule has 6 unspecified atom stereocenters. The Labute approximate surface area is 378 Å². The number of unbranched alkanes of at least 4 members (excludes halogenated alkanes) is 19. The van der Waals surface area contributed by atoms with Gasteiger partial charge in [0.05, 0.1) is 19.8 Å². The zero-order valence-electron chi connectivity index (χ0n) is 39.3. The van der Waals surface area contributed by atoms with E-state index in [0.29, 0.717) is 13.0 Å². The van der Waals surface area contributed by atoms with Crippen molar-refractivity contribution < 1.29 is 44.2 Å². The van der Waals surface area contributed by atoms with Crippen LogP contribution in [-0.2, 0) is 23.7 Å². The molecule has 0 saturated carbocycles. The average molecular weight is 873 g/mol. The molecule has 358 valence electrons. The second-order valence-corrected chi connectivity index (χ2v) is 16.9. The van der Waals surface area contributed by atoms with Crippen LogP contribution >= 0.6 is 0 Å². The summed E-state index contributed by atoms with van der Waals surface area (Å²) in [4.78, 5) is 12.8. The van der Waals surface area contributed by atoms with Gasteiger partial charge in [-0.2, -0.15) is 0 Å². The molecular weight excluding hydrogens is 781 g/mol. The quantitative estimate of drug-likeness (QED) is 0.0269. The van der Waals surface area contributed by atoms with Crippen molar-refractivity contribution in [3.05, 3.63) is 72.9 Å². The first kappa shape index (κ1) is 57.6. The minimum absolute atomic E-state index is 0.122. The number of allylic oxidation sites excluding steroid dienone is 12. The smallest absolute Gasteiger partial charge is 0.306 e. The second kappa shape index (κ2) is 43.9. The number of hydrogen-bond donors (Lipinski definition) is 4. The Bertz CT molecular complexity index is 1180. The van der Waals surface area contributed by atoms with Crippen molar-refractivity contribution in [2.24, 2.45) is 0 Å². The summed E-state index contributed by atoms with van der Waals surface area (Å²) < 4.78 is 22.8. The van der Waals surface area contributed by atoms with Crippen molar-refractivity contribution in [1.29, 1.82) is 0 Å². The molecule has 0 bridgehead atoms. The van der Waals surface area contributed by atoms with E-state index in [2.05, 4.69) is 86.8 Å². The largest absolute Gasteiger partial charge is 0.457 e. The fourth-order valence-corrected chi connectivity index (χ4v) is 7.23. The third-order valence-corrected chi connectivity index (χ3v) is 11.1. The van der Waals surface area contributed by atoms with Crippen molar-refractivity contribution in [1.82, 2.24) is 0 Å². The van der Waals surface area contributed by atoms with E-state index in [1.807, 2.05) is 0 Å². The molecule has 6 atom stereocenters. The Morgan fingerprint density at radius 1 is 0.532 bits per heavy atom. The van der Waals surface area contributed by atoms with E-state index in [0.717, 1.165) is 89.9 Å². The summed E-state index contributed by atoms with van der Waals surface area (Å²) >= 11 is 0. The minimum atomic E-state index is -1.54. The molecule has 1 aliphatic rings. The maximum Gasteiger partial charge on any atom is 0.306 e. The molecule has 9 heteroatoms. The van der Waals surface area contributed by atoms with Gasteiger partial charge in [-0.1, -0.05) is 183 Å². The van der Waals surface area contributed by atoms with Crippen LogP contribution in [0.3, 0.4) is 0 Å². The molecule has 62 heavy (non-hydrogen) atoms. The van der Waals surface area contributed by atoms with Crippen LogP contribution in [0, 0.1) is 0 Å². The number of aliphatic hydroxyl groups is 4. The summed E-state index contributed by atoms with van der Waals surface area (Å²) in [6, 6.07) is 0. The van der Waals surface area contributed by atoms with Gasteiger partial charge in [-0.25, -0.2) is 0 Å². The fourth-order valence-electron chi connectivity index (χ4n) is 7.23. The van der Waals surface area contributed by atoms with Gasteiger partial charge >= 0.3 is 5.97 Å². The fraction of sp³-hybridized carbons (Fsp3) is 0.755. The van der Waals surface area contributed by atoms with Gasteiger partial charge in [-0.05, 0) is 77.0 Å². The van der Waals surface area contributed by atoms with Gasteiger partial charge in [-0.15, -0.1) is 0 Å². The molecule has 0 spiro atoms. The first-order chi connectivity index (χ1) is 30.4. The van der Waals surface area contributed by atoms with Crippen LogP contribution in [0.5, 0.6) is 0 Å². The van der Waals surface area contributed by atoms with Crippen LogP contribution in [-0.4, -0.2) is 89.6 Å². The van der Waals surface area contributed by atoms with Crippen LogP contribution in [0.1, 0.15) is 194 Å². The lowest BCUT2D eigenvalue weighted by Gasteiger charge is -2.39. The first-order valence-corrected chi connectivity index (χ1v) is 25.0. The molecule has 1 aliphatic heterocycles. The molecule has 1 heterocycles. The molecule has 0 aromatic rings. The van der Waals surface area contributed by atoms with Crippen molar-refractivity contribution in [3.8, 4) is 0 Å².